The van der Waals surface area contributed by atoms with E-state index in [0.29, 0.717) is 0 Å². The standard InChI is InChI=1S/C9H15NO/c1-2-3-4-6-9(11)7-5-8-10/h5,7,9,11H,2-4,6H2,1H3/b7-5+/t9-/m1/s1. The lowest BCUT2D eigenvalue weighted by molar-refractivity contribution is 0.208. The zero-order valence-corrected chi connectivity index (χ0v) is 6.95. The number of allylic oxidation sites excluding steroid dienone is 1. The maximum Gasteiger partial charge on any atom is 0.0909 e. The van der Waals surface area contributed by atoms with E-state index in [2.05, 4.69) is 6.92 Å². The molecule has 0 saturated heterocycles. The molecule has 0 heterocycles. The number of nitriles is 1. The third-order valence-corrected chi connectivity index (χ3v) is 1.50. The third kappa shape index (κ3) is 7.08. The highest BCUT2D eigenvalue weighted by atomic mass is 16.3. The van der Waals surface area contributed by atoms with E-state index in [-0.39, 0.29) is 0 Å². The summed E-state index contributed by atoms with van der Waals surface area (Å²) in [6, 6.07) is 1.85. The summed E-state index contributed by atoms with van der Waals surface area (Å²) >= 11 is 0. The molecule has 62 valence electrons. The van der Waals surface area contributed by atoms with Gasteiger partial charge in [-0.05, 0) is 12.5 Å². The fraction of sp³-hybridized carbons (Fsp3) is 0.667. The number of aliphatic hydroxyl groups is 1. The van der Waals surface area contributed by atoms with Crippen molar-refractivity contribution >= 4 is 0 Å². The molecule has 0 unspecified atom stereocenters. The van der Waals surface area contributed by atoms with Gasteiger partial charge in [-0.1, -0.05) is 26.2 Å². The molecule has 0 bridgehead atoms. The number of nitrogens with zero attached hydrogens (tertiary/aromatic N) is 1. The Morgan fingerprint density at radius 2 is 2.27 bits per heavy atom. The molecule has 0 spiro atoms. The number of aliphatic hydroxyl groups excluding tert-OH is 1. The van der Waals surface area contributed by atoms with Gasteiger partial charge >= 0.3 is 0 Å². The number of hydrogen-bond acceptors (Lipinski definition) is 2. The number of hydrogen-bond donors (Lipinski definition) is 1. The first-order valence-electron chi connectivity index (χ1n) is 4.05. The van der Waals surface area contributed by atoms with Crippen molar-refractivity contribution in [3.05, 3.63) is 12.2 Å². The molecule has 0 amide bonds. The Labute approximate surface area is 68.2 Å². The molecule has 0 fully saturated rings. The second-order valence-corrected chi connectivity index (χ2v) is 2.55. The molecule has 1 N–H and O–H groups in total. The molecule has 0 aliphatic rings. The molecule has 0 aliphatic carbocycles. The van der Waals surface area contributed by atoms with Crippen LogP contribution in [0, 0.1) is 11.3 Å². The fourth-order valence-corrected chi connectivity index (χ4v) is 0.854. The van der Waals surface area contributed by atoms with Gasteiger partial charge in [0.15, 0.2) is 0 Å². The monoisotopic (exact) mass is 153 g/mol. The highest BCUT2D eigenvalue weighted by Crippen LogP contribution is 2.03. The second-order valence-electron chi connectivity index (χ2n) is 2.55. The quantitative estimate of drug-likeness (QED) is 0.485. The molecule has 0 radical (unpaired) electrons. The van der Waals surface area contributed by atoms with E-state index < -0.39 is 6.10 Å². The minimum absolute atomic E-state index is 0.429. The molecule has 0 aromatic rings. The molecular formula is C9H15NO. The van der Waals surface area contributed by atoms with Gasteiger partial charge in [0.25, 0.3) is 0 Å². The van der Waals surface area contributed by atoms with Crippen molar-refractivity contribution in [2.24, 2.45) is 0 Å². The molecule has 0 saturated carbocycles. The second kappa shape index (κ2) is 7.30. The van der Waals surface area contributed by atoms with E-state index in [1.165, 1.54) is 12.2 Å². The van der Waals surface area contributed by atoms with Crippen LogP contribution in [0.15, 0.2) is 12.2 Å². The Hall–Kier alpha value is -0.810. The lowest BCUT2D eigenvalue weighted by Crippen LogP contribution is -2.00. The molecule has 0 aromatic heterocycles. The van der Waals surface area contributed by atoms with Crippen molar-refractivity contribution in [1.82, 2.24) is 0 Å². The Kier molecular flexibility index (Phi) is 6.76. The van der Waals surface area contributed by atoms with Gasteiger partial charge in [-0.3, -0.25) is 0 Å². The third-order valence-electron chi connectivity index (χ3n) is 1.50. The first-order chi connectivity index (χ1) is 5.31. The molecule has 1 atom stereocenters. The van der Waals surface area contributed by atoms with Crippen molar-refractivity contribution in [2.75, 3.05) is 0 Å². The van der Waals surface area contributed by atoms with Crippen LogP contribution in [-0.2, 0) is 0 Å². The average molecular weight is 153 g/mol. The first kappa shape index (κ1) is 10.2. The maximum absolute atomic E-state index is 9.17. The topological polar surface area (TPSA) is 44.0 Å². The van der Waals surface area contributed by atoms with E-state index in [1.54, 1.807) is 0 Å². The molecule has 0 aliphatic heterocycles. The summed E-state index contributed by atoms with van der Waals surface area (Å²) in [5.41, 5.74) is 0. The number of rotatable bonds is 5. The summed E-state index contributed by atoms with van der Waals surface area (Å²) in [6.07, 6.45) is 6.55. The van der Waals surface area contributed by atoms with Gasteiger partial charge in [-0.2, -0.15) is 5.26 Å². The van der Waals surface area contributed by atoms with Crippen LogP contribution in [-0.4, -0.2) is 11.2 Å². The van der Waals surface area contributed by atoms with Crippen LogP contribution in [0.4, 0.5) is 0 Å². The van der Waals surface area contributed by atoms with Gasteiger partial charge in [0.1, 0.15) is 0 Å². The van der Waals surface area contributed by atoms with Gasteiger partial charge < -0.3 is 5.11 Å². The minimum Gasteiger partial charge on any atom is -0.389 e. The Morgan fingerprint density at radius 3 is 2.82 bits per heavy atom. The normalized spacial score (nSPS) is 13.2. The predicted molar refractivity (Wildman–Crippen MR) is 44.9 cm³/mol. The zero-order valence-electron chi connectivity index (χ0n) is 6.95. The van der Waals surface area contributed by atoms with Gasteiger partial charge in [0, 0.05) is 6.08 Å². The summed E-state index contributed by atoms with van der Waals surface area (Å²) in [5, 5.41) is 17.3. The van der Waals surface area contributed by atoms with Crippen LogP contribution in [0.5, 0.6) is 0 Å². The molecule has 2 nitrogen and oxygen atoms in total. The van der Waals surface area contributed by atoms with Crippen LogP contribution in [0.1, 0.15) is 32.6 Å². The van der Waals surface area contributed by atoms with Gasteiger partial charge in [-0.15, -0.1) is 0 Å². The first-order valence-corrected chi connectivity index (χ1v) is 4.05. The highest BCUT2D eigenvalue weighted by Gasteiger charge is 1.96. The van der Waals surface area contributed by atoms with E-state index in [1.807, 2.05) is 6.07 Å². The van der Waals surface area contributed by atoms with Crippen LogP contribution in [0.25, 0.3) is 0 Å². The van der Waals surface area contributed by atoms with Crippen molar-refractivity contribution in [3.8, 4) is 6.07 Å². The van der Waals surface area contributed by atoms with Crippen LogP contribution < -0.4 is 0 Å². The van der Waals surface area contributed by atoms with Gasteiger partial charge in [0.2, 0.25) is 0 Å². The number of unbranched alkanes of at least 4 members (excludes halogenated alkanes) is 2. The Bertz CT molecular complexity index is 146. The molecule has 2 heteroatoms. The largest absolute Gasteiger partial charge is 0.389 e. The maximum atomic E-state index is 9.17. The summed E-state index contributed by atoms with van der Waals surface area (Å²) in [6.45, 7) is 2.12. The summed E-state index contributed by atoms with van der Waals surface area (Å²) < 4.78 is 0. The van der Waals surface area contributed by atoms with Crippen LogP contribution in [0.2, 0.25) is 0 Å². The summed E-state index contributed by atoms with van der Waals surface area (Å²) in [5.74, 6) is 0. The summed E-state index contributed by atoms with van der Waals surface area (Å²) in [7, 11) is 0. The predicted octanol–water partition coefficient (Wildman–Crippen LogP) is 2.01. The lowest BCUT2D eigenvalue weighted by atomic mass is 10.1. The van der Waals surface area contributed by atoms with E-state index in [9.17, 15) is 0 Å². The van der Waals surface area contributed by atoms with Crippen molar-refractivity contribution in [2.45, 2.75) is 38.7 Å². The fourth-order valence-electron chi connectivity index (χ4n) is 0.854. The molecule has 0 aromatic carbocycles. The Morgan fingerprint density at radius 1 is 1.55 bits per heavy atom. The SMILES string of the molecule is CCCCC[C@@H](O)/C=C/C#N. The average Bonchev–Trinajstić information content (AvgIpc) is 2.01. The van der Waals surface area contributed by atoms with Crippen LogP contribution in [0.3, 0.4) is 0 Å². The smallest absolute Gasteiger partial charge is 0.0909 e. The molecular weight excluding hydrogens is 138 g/mol. The summed E-state index contributed by atoms with van der Waals surface area (Å²) in [4.78, 5) is 0. The van der Waals surface area contributed by atoms with Crippen molar-refractivity contribution in [3.63, 3.8) is 0 Å². The highest BCUT2D eigenvalue weighted by molar-refractivity contribution is 5.04. The molecule has 11 heavy (non-hydrogen) atoms. The Balaban J connectivity index is 3.31. The van der Waals surface area contributed by atoms with Gasteiger partial charge in [0.05, 0.1) is 12.2 Å². The van der Waals surface area contributed by atoms with Crippen molar-refractivity contribution in [1.29, 1.82) is 5.26 Å². The van der Waals surface area contributed by atoms with Crippen molar-refractivity contribution < 1.29 is 5.11 Å². The molecule has 0 rings (SSSR count). The zero-order chi connectivity index (χ0) is 8.53. The lowest BCUT2D eigenvalue weighted by Gasteiger charge is -2.02. The van der Waals surface area contributed by atoms with Crippen LogP contribution >= 0.6 is 0 Å². The van der Waals surface area contributed by atoms with E-state index in [4.69, 9.17) is 10.4 Å². The minimum atomic E-state index is -0.429. The van der Waals surface area contributed by atoms with E-state index >= 15 is 0 Å². The van der Waals surface area contributed by atoms with Gasteiger partial charge in [-0.25, -0.2) is 0 Å². The van der Waals surface area contributed by atoms with E-state index in [0.717, 1.165) is 25.7 Å².